The van der Waals surface area contributed by atoms with Crippen molar-refractivity contribution < 1.29 is 4.79 Å². The number of para-hydroxylation sites is 1. The van der Waals surface area contributed by atoms with E-state index in [0.29, 0.717) is 18.5 Å². The first-order chi connectivity index (χ1) is 14.6. The summed E-state index contributed by atoms with van der Waals surface area (Å²) in [5.41, 5.74) is 5.55. The molecule has 4 rings (SSSR count). The molecule has 1 aliphatic rings. The second kappa shape index (κ2) is 8.30. The van der Waals surface area contributed by atoms with Gasteiger partial charge in [0.2, 0.25) is 0 Å². The van der Waals surface area contributed by atoms with Gasteiger partial charge in [0, 0.05) is 30.7 Å². The van der Waals surface area contributed by atoms with Crippen LogP contribution >= 0.6 is 0 Å². The zero-order chi connectivity index (χ0) is 21.1. The Balaban J connectivity index is 1.71. The van der Waals surface area contributed by atoms with Gasteiger partial charge >= 0.3 is 0 Å². The molecule has 0 saturated heterocycles. The Kier molecular flexibility index (Phi) is 5.40. The Labute approximate surface area is 177 Å². The SMILES string of the molecule is Cc1ccc(N2C(=O)c3ccccc3N[C@@H]2c2ccc(N(C)CCC#N)cc2)cc1. The Morgan fingerprint density at radius 2 is 1.73 bits per heavy atom. The topological polar surface area (TPSA) is 59.4 Å². The Bertz CT molecular complexity index is 1080. The normalized spacial score (nSPS) is 15.2. The summed E-state index contributed by atoms with van der Waals surface area (Å²) in [4.78, 5) is 17.3. The number of aryl methyl sites for hydroxylation is 1. The first-order valence-corrected chi connectivity index (χ1v) is 10.0. The molecular weight excluding hydrogens is 372 g/mol. The average molecular weight is 396 g/mol. The fourth-order valence-electron chi connectivity index (χ4n) is 3.72. The summed E-state index contributed by atoms with van der Waals surface area (Å²) in [6.45, 7) is 2.72. The van der Waals surface area contributed by atoms with Crippen molar-refractivity contribution in [1.82, 2.24) is 0 Å². The number of carbonyl (C=O) groups is 1. The number of anilines is 3. The van der Waals surface area contributed by atoms with Crippen LogP contribution in [0.25, 0.3) is 0 Å². The molecule has 0 aliphatic carbocycles. The molecule has 0 fully saturated rings. The molecule has 30 heavy (non-hydrogen) atoms. The van der Waals surface area contributed by atoms with Crippen molar-refractivity contribution in [2.75, 3.05) is 28.7 Å². The molecule has 0 radical (unpaired) electrons. The van der Waals surface area contributed by atoms with Crippen molar-refractivity contribution in [2.24, 2.45) is 0 Å². The van der Waals surface area contributed by atoms with E-state index in [1.807, 2.05) is 91.7 Å². The summed E-state index contributed by atoms with van der Waals surface area (Å²) in [7, 11) is 1.98. The van der Waals surface area contributed by atoms with Gasteiger partial charge in [0.15, 0.2) is 0 Å². The van der Waals surface area contributed by atoms with Crippen molar-refractivity contribution in [1.29, 1.82) is 5.26 Å². The van der Waals surface area contributed by atoms with Crippen LogP contribution in [-0.2, 0) is 0 Å². The van der Waals surface area contributed by atoms with Crippen LogP contribution in [0, 0.1) is 18.3 Å². The standard InChI is InChI=1S/C25H24N4O/c1-18-8-12-21(13-9-18)29-24(27-23-7-4-3-6-22(23)25(29)30)19-10-14-20(15-11-19)28(2)17-5-16-26/h3-4,6-15,24,27H,5,17H2,1-2H3/t24-/m0/s1. The second-order valence-electron chi connectivity index (χ2n) is 7.52. The predicted molar refractivity (Wildman–Crippen MR) is 121 cm³/mol. The van der Waals surface area contributed by atoms with Gasteiger partial charge in [0.1, 0.15) is 6.17 Å². The molecule has 0 unspecified atom stereocenters. The van der Waals surface area contributed by atoms with E-state index in [9.17, 15) is 4.79 Å². The highest BCUT2D eigenvalue weighted by atomic mass is 16.2. The molecular formula is C25H24N4O. The highest BCUT2D eigenvalue weighted by Crippen LogP contribution is 2.37. The molecule has 150 valence electrons. The third-order valence-electron chi connectivity index (χ3n) is 5.45. The quantitative estimate of drug-likeness (QED) is 0.651. The summed E-state index contributed by atoms with van der Waals surface area (Å²) in [5, 5.41) is 12.4. The number of rotatable bonds is 5. The molecule has 1 heterocycles. The van der Waals surface area contributed by atoms with E-state index >= 15 is 0 Å². The lowest BCUT2D eigenvalue weighted by atomic mass is 10.0. The van der Waals surface area contributed by atoms with Gasteiger partial charge in [-0.25, -0.2) is 0 Å². The molecule has 5 nitrogen and oxygen atoms in total. The molecule has 0 aromatic heterocycles. The Morgan fingerprint density at radius 1 is 1.03 bits per heavy atom. The number of nitrogens with one attached hydrogen (secondary N) is 1. The van der Waals surface area contributed by atoms with Crippen molar-refractivity contribution in [3.05, 3.63) is 89.5 Å². The van der Waals surface area contributed by atoms with E-state index in [1.54, 1.807) is 0 Å². The number of nitriles is 1. The molecule has 3 aromatic rings. The van der Waals surface area contributed by atoms with Crippen molar-refractivity contribution >= 4 is 23.0 Å². The van der Waals surface area contributed by atoms with Gasteiger partial charge in [-0.3, -0.25) is 9.69 Å². The third kappa shape index (κ3) is 3.72. The molecule has 0 bridgehead atoms. The number of amides is 1. The predicted octanol–water partition coefficient (Wildman–Crippen LogP) is 5.12. The van der Waals surface area contributed by atoms with E-state index in [0.717, 1.165) is 28.2 Å². The second-order valence-corrected chi connectivity index (χ2v) is 7.52. The summed E-state index contributed by atoms with van der Waals surface area (Å²) >= 11 is 0. The molecule has 1 N–H and O–H groups in total. The maximum absolute atomic E-state index is 13.4. The van der Waals surface area contributed by atoms with Gasteiger partial charge in [-0.15, -0.1) is 0 Å². The maximum atomic E-state index is 13.4. The summed E-state index contributed by atoms with van der Waals surface area (Å²) in [5.74, 6) is -0.0200. The van der Waals surface area contributed by atoms with Crippen LogP contribution in [0.2, 0.25) is 0 Å². The maximum Gasteiger partial charge on any atom is 0.262 e. The van der Waals surface area contributed by atoms with Gasteiger partial charge in [0.25, 0.3) is 5.91 Å². The molecule has 5 heteroatoms. The van der Waals surface area contributed by atoms with Gasteiger partial charge in [0.05, 0.1) is 18.1 Å². The fourth-order valence-corrected chi connectivity index (χ4v) is 3.72. The van der Waals surface area contributed by atoms with Gasteiger partial charge in [-0.05, 0) is 48.9 Å². The number of carbonyl (C=O) groups excluding carboxylic acids is 1. The summed E-state index contributed by atoms with van der Waals surface area (Å²) in [6, 6.07) is 26.0. The van der Waals surface area contributed by atoms with Crippen LogP contribution in [0.15, 0.2) is 72.8 Å². The van der Waals surface area contributed by atoms with Crippen molar-refractivity contribution in [3.63, 3.8) is 0 Å². The van der Waals surface area contributed by atoms with Gasteiger partial charge in [-0.2, -0.15) is 5.26 Å². The lowest BCUT2D eigenvalue weighted by Gasteiger charge is -2.38. The van der Waals surface area contributed by atoms with Crippen LogP contribution in [0.4, 0.5) is 17.1 Å². The smallest absolute Gasteiger partial charge is 0.262 e. The van der Waals surface area contributed by atoms with Crippen LogP contribution in [0.5, 0.6) is 0 Å². The van der Waals surface area contributed by atoms with E-state index in [4.69, 9.17) is 5.26 Å². The minimum Gasteiger partial charge on any atom is -0.374 e. The van der Waals surface area contributed by atoms with E-state index < -0.39 is 0 Å². The molecule has 3 aromatic carbocycles. The minimum absolute atomic E-state index is 0.0200. The lowest BCUT2D eigenvalue weighted by molar-refractivity contribution is 0.0975. The zero-order valence-corrected chi connectivity index (χ0v) is 17.2. The van der Waals surface area contributed by atoms with E-state index in [-0.39, 0.29) is 12.1 Å². The van der Waals surface area contributed by atoms with Crippen LogP contribution in [0.1, 0.15) is 34.1 Å². The number of benzene rings is 3. The first kappa shape index (κ1) is 19.5. The number of hydrogen-bond donors (Lipinski definition) is 1. The first-order valence-electron chi connectivity index (χ1n) is 10.0. The number of fused-ring (bicyclic) bond motifs is 1. The van der Waals surface area contributed by atoms with Crippen LogP contribution in [-0.4, -0.2) is 19.5 Å². The average Bonchev–Trinajstić information content (AvgIpc) is 2.78. The molecule has 1 aliphatic heterocycles. The largest absolute Gasteiger partial charge is 0.374 e. The Hall–Kier alpha value is -3.78. The minimum atomic E-state index is -0.312. The molecule has 1 atom stereocenters. The van der Waals surface area contributed by atoms with Crippen LogP contribution in [0.3, 0.4) is 0 Å². The summed E-state index contributed by atoms with van der Waals surface area (Å²) in [6.07, 6.45) is 0.170. The van der Waals surface area contributed by atoms with Crippen LogP contribution < -0.4 is 15.1 Å². The third-order valence-corrected chi connectivity index (χ3v) is 5.45. The highest BCUT2D eigenvalue weighted by molar-refractivity contribution is 6.12. The monoisotopic (exact) mass is 396 g/mol. The lowest BCUT2D eigenvalue weighted by Crippen LogP contribution is -2.43. The van der Waals surface area contributed by atoms with Gasteiger partial charge in [-0.1, -0.05) is 42.0 Å². The Morgan fingerprint density at radius 3 is 2.43 bits per heavy atom. The number of hydrogen-bond acceptors (Lipinski definition) is 4. The van der Waals surface area contributed by atoms with Crippen molar-refractivity contribution in [3.8, 4) is 6.07 Å². The van der Waals surface area contributed by atoms with E-state index in [1.165, 1.54) is 0 Å². The van der Waals surface area contributed by atoms with Crippen molar-refractivity contribution in [2.45, 2.75) is 19.5 Å². The highest BCUT2D eigenvalue weighted by Gasteiger charge is 2.33. The van der Waals surface area contributed by atoms with Gasteiger partial charge < -0.3 is 10.2 Å². The molecule has 0 saturated carbocycles. The zero-order valence-electron chi connectivity index (χ0n) is 17.2. The van der Waals surface area contributed by atoms with E-state index in [2.05, 4.69) is 16.3 Å². The number of nitrogens with zero attached hydrogens (tertiary/aromatic N) is 3. The summed E-state index contributed by atoms with van der Waals surface area (Å²) < 4.78 is 0. The fraction of sp³-hybridized carbons (Fsp3) is 0.200. The molecule has 1 amide bonds. The molecule has 0 spiro atoms.